The van der Waals surface area contributed by atoms with E-state index in [2.05, 4.69) is 61.6 Å². The van der Waals surface area contributed by atoms with Crippen molar-refractivity contribution >= 4 is 23.1 Å². The molecular formula is C17H24N2S2. The van der Waals surface area contributed by atoms with Gasteiger partial charge in [0.15, 0.2) is 0 Å². The van der Waals surface area contributed by atoms with Gasteiger partial charge in [0, 0.05) is 22.9 Å². The van der Waals surface area contributed by atoms with Crippen LogP contribution in [0.25, 0.3) is 0 Å². The molecule has 1 unspecified atom stereocenters. The second-order valence-electron chi connectivity index (χ2n) is 5.43. The van der Waals surface area contributed by atoms with Gasteiger partial charge in [-0.05, 0) is 44.9 Å². The number of nitrogens with zero attached hydrogens (tertiary/aromatic N) is 1. The van der Waals surface area contributed by atoms with Crippen LogP contribution in [0.2, 0.25) is 0 Å². The first kappa shape index (κ1) is 16.5. The normalized spacial score (nSPS) is 12.6. The van der Waals surface area contributed by atoms with Crippen LogP contribution in [-0.4, -0.2) is 17.3 Å². The fraction of sp³-hybridized carbons (Fsp3) is 0.471. The number of hydrogen-bond acceptors (Lipinski definition) is 4. The average molecular weight is 321 g/mol. The van der Waals surface area contributed by atoms with Crippen LogP contribution in [0.1, 0.15) is 41.8 Å². The Hall–Kier alpha value is -0.840. The Balaban J connectivity index is 2.11. The van der Waals surface area contributed by atoms with Crippen LogP contribution in [0.5, 0.6) is 0 Å². The zero-order valence-corrected chi connectivity index (χ0v) is 14.9. The number of hydrogen-bond donors (Lipinski definition) is 1. The minimum absolute atomic E-state index is 0.388. The number of aromatic nitrogens is 1. The molecule has 0 bridgehead atoms. The van der Waals surface area contributed by atoms with Crippen molar-refractivity contribution in [3.8, 4) is 0 Å². The van der Waals surface area contributed by atoms with Crippen molar-refractivity contribution in [2.45, 2.75) is 44.5 Å². The van der Waals surface area contributed by atoms with Crippen LogP contribution < -0.4 is 5.32 Å². The van der Waals surface area contributed by atoms with E-state index < -0.39 is 0 Å². The molecule has 2 nitrogen and oxygen atoms in total. The lowest BCUT2D eigenvalue weighted by Gasteiger charge is -2.21. The average Bonchev–Trinajstić information content (AvgIpc) is 2.88. The lowest BCUT2D eigenvalue weighted by molar-refractivity contribution is 0.575. The lowest BCUT2D eigenvalue weighted by Crippen LogP contribution is -2.25. The maximum absolute atomic E-state index is 4.55. The van der Waals surface area contributed by atoms with E-state index in [9.17, 15) is 0 Å². The Kier molecular flexibility index (Phi) is 6.27. The van der Waals surface area contributed by atoms with Gasteiger partial charge in [0.2, 0.25) is 0 Å². The molecule has 0 saturated heterocycles. The molecule has 1 atom stereocenters. The first-order valence-corrected chi connectivity index (χ1v) is 9.32. The third kappa shape index (κ3) is 4.83. The van der Waals surface area contributed by atoms with Crippen LogP contribution in [0, 0.1) is 20.8 Å². The van der Waals surface area contributed by atoms with Crippen LogP contribution in [0.15, 0.2) is 27.9 Å². The fourth-order valence-corrected chi connectivity index (χ4v) is 4.22. The molecular weight excluding hydrogens is 296 g/mol. The van der Waals surface area contributed by atoms with Gasteiger partial charge in [-0.25, -0.2) is 4.98 Å². The summed E-state index contributed by atoms with van der Waals surface area (Å²) in [6, 6.07) is 7.12. The highest BCUT2D eigenvalue weighted by atomic mass is 32.2. The van der Waals surface area contributed by atoms with Crippen molar-refractivity contribution < 1.29 is 0 Å². The Morgan fingerprint density at radius 1 is 1.29 bits per heavy atom. The Morgan fingerprint density at radius 3 is 2.76 bits per heavy atom. The van der Waals surface area contributed by atoms with Gasteiger partial charge in [0.1, 0.15) is 4.34 Å². The molecule has 1 heterocycles. The molecule has 2 aromatic rings. The molecule has 0 radical (unpaired) electrons. The summed E-state index contributed by atoms with van der Waals surface area (Å²) in [5.74, 6) is 1.03. The topological polar surface area (TPSA) is 24.9 Å². The number of thioether (sulfide) groups is 1. The van der Waals surface area contributed by atoms with Crippen LogP contribution in [-0.2, 0) is 0 Å². The molecule has 1 aromatic carbocycles. The Morgan fingerprint density at radius 2 is 2.10 bits per heavy atom. The SMILES string of the molecule is CCCNC(CSc1nc(C)cs1)c1cc(C)ccc1C. The van der Waals surface area contributed by atoms with E-state index in [0.717, 1.165) is 24.4 Å². The van der Waals surface area contributed by atoms with E-state index in [1.54, 1.807) is 11.3 Å². The standard InChI is InChI=1S/C17H24N2S2/c1-5-8-18-16(11-21-17-19-14(4)10-20-17)15-9-12(2)6-7-13(15)3/h6-7,9-10,16,18H,5,8,11H2,1-4H3. The maximum Gasteiger partial charge on any atom is 0.150 e. The molecule has 0 fully saturated rings. The minimum atomic E-state index is 0.388. The molecule has 0 aliphatic heterocycles. The molecule has 1 N–H and O–H groups in total. The van der Waals surface area contributed by atoms with E-state index in [4.69, 9.17) is 0 Å². The summed E-state index contributed by atoms with van der Waals surface area (Å²) in [4.78, 5) is 4.55. The number of aryl methyl sites for hydroxylation is 3. The first-order chi connectivity index (χ1) is 10.1. The molecule has 1 aromatic heterocycles. The molecule has 0 amide bonds. The molecule has 0 spiro atoms. The summed E-state index contributed by atoms with van der Waals surface area (Å²) in [5, 5.41) is 5.81. The van der Waals surface area contributed by atoms with Crippen molar-refractivity contribution in [3.63, 3.8) is 0 Å². The first-order valence-electron chi connectivity index (χ1n) is 7.45. The summed E-state index contributed by atoms with van der Waals surface area (Å²) >= 11 is 3.60. The molecule has 4 heteroatoms. The van der Waals surface area contributed by atoms with Crippen molar-refractivity contribution in [2.24, 2.45) is 0 Å². The van der Waals surface area contributed by atoms with Gasteiger partial charge in [-0.3, -0.25) is 0 Å². The highest BCUT2D eigenvalue weighted by molar-refractivity contribution is 8.01. The van der Waals surface area contributed by atoms with Gasteiger partial charge >= 0.3 is 0 Å². The second-order valence-corrected chi connectivity index (χ2v) is 7.56. The van der Waals surface area contributed by atoms with E-state index in [-0.39, 0.29) is 0 Å². The van der Waals surface area contributed by atoms with Gasteiger partial charge in [0.05, 0.1) is 0 Å². The fourth-order valence-electron chi connectivity index (χ4n) is 2.27. The lowest BCUT2D eigenvalue weighted by atomic mass is 10.00. The van der Waals surface area contributed by atoms with Gasteiger partial charge in [-0.15, -0.1) is 11.3 Å². The highest BCUT2D eigenvalue weighted by Crippen LogP contribution is 2.29. The van der Waals surface area contributed by atoms with E-state index in [0.29, 0.717) is 6.04 Å². The molecule has 114 valence electrons. The van der Waals surface area contributed by atoms with Crippen molar-refractivity contribution in [2.75, 3.05) is 12.3 Å². The number of benzene rings is 1. The molecule has 0 saturated carbocycles. The van der Waals surface area contributed by atoms with Gasteiger partial charge in [0.25, 0.3) is 0 Å². The van der Waals surface area contributed by atoms with Crippen molar-refractivity contribution in [1.82, 2.24) is 10.3 Å². The molecule has 21 heavy (non-hydrogen) atoms. The van der Waals surface area contributed by atoms with Gasteiger partial charge < -0.3 is 5.32 Å². The number of thiazole rings is 1. The molecule has 2 rings (SSSR count). The van der Waals surface area contributed by atoms with Gasteiger partial charge in [-0.2, -0.15) is 0 Å². The van der Waals surface area contributed by atoms with Crippen molar-refractivity contribution in [1.29, 1.82) is 0 Å². The largest absolute Gasteiger partial charge is 0.309 e. The van der Waals surface area contributed by atoms with Crippen molar-refractivity contribution in [3.05, 3.63) is 46.0 Å². The number of nitrogens with one attached hydrogen (secondary N) is 1. The Bertz CT molecular complexity index is 578. The zero-order valence-electron chi connectivity index (χ0n) is 13.3. The summed E-state index contributed by atoms with van der Waals surface area (Å²) in [7, 11) is 0. The smallest absolute Gasteiger partial charge is 0.150 e. The second kappa shape index (κ2) is 7.97. The minimum Gasteiger partial charge on any atom is -0.309 e. The quantitative estimate of drug-likeness (QED) is 0.734. The molecule has 0 aliphatic carbocycles. The third-order valence-electron chi connectivity index (χ3n) is 3.42. The van der Waals surface area contributed by atoms with E-state index in [1.807, 2.05) is 11.8 Å². The van der Waals surface area contributed by atoms with Gasteiger partial charge in [-0.1, -0.05) is 42.4 Å². The van der Waals surface area contributed by atoms with Crippen LogP contribution >= 0.6 is 23.1 Å². The monoisotopic (exact) mass is 320 g/mol. The highest BCUT2D eigenvalue weighted by Gasteiger charge is 2.14. The summed E-state index contributed by atoms with van der Waals surface area (Å²) in [6.45, 7) is 9.68. The Labute approximate surface area is 136 Å². The van der Waals surface area contributed by atoms with Crippen LogP contribution in [0.3, 0.4) is 0 Å². The summed E-state index contributed by atoms with van der Waals surface area (Å²) in [5.41, 5.74) is 5.23. The van der Waals surface area contributed by atoms with Crippen LogP contribution in [0.4, 0.5) is 0 Å². The predicted octanol–water partition coefficient (Wildman–Crippen LogP) is 4.90. The summed E-state index contributed by atoms with van der Waals surface area (Å²) < 4.78 is 1.17. The van der Waals surface area contributed by atoms with E-state index in [1.165, 1.54) is 21.0 Å². The van der Waals surface area contributed by atoms with E-state index >= 15 is 0 Å². The predicted molar refractivity (Wildman–Crippen MR) is 94.5 cm³/mol. The third-order valence-corrected chi connectivity index (χ3v) is 5.65. The zero-order chi connectivity index (χ0) is 15.2. The summed E-state index contributed by atoms with van der Waals surface area (Å²) in [6.07, 6.45) is 1.16. The number of rotatable bonds is 7. The maximum atomic E-state index is 4.55. The molecule has 0 aliphatic rings.